The van der Waals surface area contributed by atoms with Crippen molar-refractivity contribution in [2.75, 3.05) is 0 Å². The van der Waals surface area contributed by atoms with Gasteiger partial charge in [0.05, 0.1) is 17.2 Å². The Bertz CT molecular complexity index is 668. The van der Waals surface area contributed by atoms with Crippen LogP contribution in [0.25, 0.3) is 0 Å². The van der Waals surface area contributed by atoms with Gasteiger partial charge in [-0.2, -0.15) is 0 Å². The number of carbonyl (C=O) groups is 1. The van der Waals surface area contributed by atoms with E-state index >= 15 is 0 Å². The van der Waals surface area contributed by atoms with Crippen molar-refractivity contribution in [1.29, 1.82) is 0 Å². The van der Waals surface area contributed by atoms with Crippen LogP contribution in [-0.4, -0.2) is 16.7 Å². The Morgan fingerprint density at radius 1 is 1.26 bits per heavy atom. The number of nitrogens with one attached hydrogen (secondary N) is 1. The SMILES string of the molecule is Cc1nc(CCc2ccc(CNC(=O)OC(C)(C)C)o2)c(C)s1. The van der Waals surface area contributed by atoms with E-state index in [0.717, 1.165) is 35.1 Å². The lowest BCUT2D eigenvalue weighted by molar-refractivity contribution is 0.0519. The lowest BCUT2D eigenvalue weighted by Crippen LogP contribution is -2.32. The molecule has 0 bridgehead atoms. The van der Waals surface area contributed by atoms with Crippen molar-refractivity contribution in [3.8, 4) is 0 Å². The van der Waals surface area contributed by atoms with E-state index in [9.17, 15) is 4.79 Å². The van der Waals surface area contributed by atoms with Crippen LogP contribution >= 0.6 is 11.3 Å². The van der Waals surface area contributed by atoms with E-state index in [2.05, 4.69) is 17.2 Å². The predicted molar refractivity (Wildman–Crippen MR) is 90.8 cm³/mol. The van der Waals surface area contributed by atoms with Crippen LogP contribution in [0.4, 0.5) is 4.79 Å². The summed E-state index contributed by atoms with van der Waals surface area (Å²) >= 11 is 1.72. The normalized spacial score (nSPS) is 11.5. The van der Waals surface area contributed by atoms with Gasteiger partial charge < -0.3 is 14.5 Å². The van der Waals surface area contributed by atoms with Crippen molar-refractivity contribution in [3.63, 3.8) is 0 Å². The van der Waals surface area contributed by atoms with Crippen molar-refractivity contribution >= 4 is 17.4 Å². The second-order valence-electron chi connectivity index (χ2n) is 6.46. The van der Waals surface area contributed by atoms with Crippen LogP contribution in [0, 0.1) is 13.8 Å². The number of nitrogens with zero attached hydrogens (tertiary/aromatic N) is 1. The standard InChI is InChI=1S/C17H24N2O3S/c1-11-15(19-12(2)23-11)9-8-13-6-7-14(21-13)10-18-16(20)22-17(3,4)5/h6-7H,8-10H2,1-5H3,(H,18,20). The number of hydrogen-bond donors (Lipinski definition) is 1. The van der Waals surface area contributed by atoms with Gasteiger partial charge in [-0.1, -0.05) is 0 Å². The maximum Gasteiger partial charge on any atom is 0.408 e. The first-order chi connectivity index (χ1) is 10.7. The molecule has 0 spiro atoms. The van der Waals surface area contributed by atoms with E-state index in [1.165, 1.54) is 4.88 Å². The molecule has 1 amide bonds. The molecule has 0 aliphatic rings. The number of rotatable bonds is 5. The highest BCUT2D eigenvalue weighted by Crippen LogP contribution is 2.19. The zero-order chi connectivity index (χ0) is 17.0. The Labute approximate surface area is 141 Å². The van der Waals surface area contributed by atoms with Crippen molar-refractivity contribution in [3.05, 3.63) is 39.2 Å². The number of furan rings is 1. The second kappa shape index (κ2) is 7.17. The summed E-state index contributed by atoms with van der Waals surface area (Å²) in [4.78, 5) is 17.4. The molecular weight excluding hydrogens is 312 g/mol. The van der Waals surface area contributed by atoms with E-state index in [1.807, 2.05) is 39.8 Å². The third kappa shape index (κ3) is 5.71. The minimum absolute atomic E-state index is 0.323. The van der Waals surface area contributed by atoms with Gasteiger partial charge in [-0.05, 0) is 53.2 Å². The first-order valence-electron chi connectivity index (χ1n) is 7.70. The van der Waals surface area contributed by atoms with Gasteiger partial charge in [-0.3, -0.25) is 0 Å². The molecule has 0 fully saturated rings. The molecule has 0 saturated carbocycles. The van der Waals surface area contributed by atoms with Crippen LogP contribution < -0.4 is 5.32 Å². The van der Waals surface area contributed by atoms with Gasteiger partial charge in [-0.15, -0.1) is 11.3 Å². The van der Waals surface area contributed by atoms with Crippen molar-refractivity contribution in [2.24, 2.45) is 0 Å². The lowest BCUT2D eigenvalue weighted by atomic mass is 10.2. The van der Waals surface area contributed by atoms with E-state index in [4.69, 9.17) is 9.15 Å². The molecule has 0 aliphatic carbocycles. The molecule has 0 unspecified atom stereocenters. The molecule has 2 rings (SSSR count). The number of thiazole rings is 1. The first kappa shape index (κ1) is 17.5. The Morgan fingerprint density at radius 3 is 2.57 bits per heavy atom. The average molecular weight is 336 g/mol. The molecule has 1 N–H and O–H groups in total. The summed E-state index contributed by atoms with van der Waals surface area (Å²) in [6.45, 7) is 9.94. The Balaban J connectivity index is 1.81. The quantitative estimate of drug-likeness (QED) is 0.890. The third-order valence-corrected chi connectivity index (χ3v) is 4.06. The van der Waals surface area contributed by atoms with Crippen LogP contribution in [-0.2, 0) is 24.1 Å². The smallest absolute Gasteiger partial charge is 0.408 e. The van der Waals surface area contributed by atoms with Crippen LogP contribution in [0.3, 0.4) is 0 Å². The summed E-state index contributed by atoms with van der Waals surface area (Å²) in [5.74, 6) is 1.62. The summed E-state index contributed by atoms with van der Waals surface area (Å²) < 4.78 is 10.9. The maximum absolute atomic E-state index is 11.6. The van der Waals surface area contributed by atoms with Gasteiger partial charge in [0, 0.05) is 11.3 Å². The van der Waals surface area contributed by atoms with Crippen LogP contribution in [0.1, 0.15) is 47.9 Å². The summed E-state index contributed by atoms with van der Waals surface area (Å²) in [7, 11) is 0. The van der Waals surface area contributed by atoms with Gasteiger partial charge in [0.2, 0.25) is 0 Å². The van der Waals surface area contributed by atoms with E-state index in [-0.39, 0.29) is 0 Å². The van der Waals surface area contributed by atoms with Crippen LogP contribution in [0.15, 0.2) is 16.5 Å². The Hall–Kier alpha value is -1.82. The highest BCUT2D eigenvalue weighted by Gasteiger charge is 2.16. The van der Waals surface area contributed by atoms with E-state index < -0.39 is 11.7 Å². The highest BCUT2D eigenvalue weighted by atomic mass is 32.1. The van der Waals surface area contributed by atoms with Gasteiger partial charge >= 0.3 is 6.09 Å². The zero-order valence-electron chi connectivity index (χ0n) is 14.4. The topological polar surface area (TPSA) is 64.4 Å². The van der Waals surface area contributed by atoms with Crippen molar-refractivity contribution in [1.82, 2.24) is 10.3 Å². The van der Waals surface area contributed by atoms with Gasteiger partial charge in [0.15, 0.2) is 0 Å². The fourth-order valence-corrected chi connectivity index (χ4v) is 3.04. The van der Waals surface area contributed by atoms with Crippen LogP contribution in [0.2, 0.25) is 0 Å². The number of aryl methyl sites for hydroxylation is 4. The fourth-order valence-electron chi connectivity index (χ4n) is 2.17. The predicted octanol–water partition coefficient (Wildman–Crippen LogP) is 4.16. The molecule has 0 aromatic carbocycles. The minimum Gasteiger partial charge on any atom is -0.464 e. The average Bonchev–Trinajstić information content (AvgIpc) is 2.98. The van der Waals surface area contributed by atoms with Crippen molar-refractivity contribution < 1.29 is 13.9 Å². The number of alkyl carbamates (subject to hydrolysis) is 1. The van der Waals surface area contributed by atoms with E-state index in [0.29, 0.717) is 6.54 Å². The summed E-state index contributed by atoms with van der Waals surface area (Å²) in [6.07, 6.45) is 1.23. The molecule has 2 aromatic rings. The van der Waals surface area contributed by atoms with Crippen LogP contribution in [0.5, 0.6) is 0 Å². The number of ether oxygens (including phenoxy) is 1. The van der Waals surface area contributed by atoms with Crippen molar-refractivity contribution in [2.45, 2.75) is 59.6 Å². The Morgan fingerprint density at radius 2 is 1.96 bits per heavy atom. The minimum atomic E-state index is -0.498. The third-order valence-electron chi connectivity index (χ3n) is 3.13. The molecular formula is C17H24N2O3S. The molecule has 2 heterocycles. The Kier molecular flexibility index (Phi) is 5.46. The maximum atomic E-state index is 11.6. The summed E-state index contributed by atoms with van der Waals surface area (Å²) in [5.41, 5.74) is 0.638. The first-order valence-corrected chi connectivity index (χ1v) is 8.52. The molecule has 5 nitrogen and oxygen atoms in total. The largest absolute Gasteiger partial charge is 0.464 e. The second-order valence-corrected chi connectivity index (χ2v) is 7.87. The van der Waals surface area contributed by atoms with E-state index in [1.54, 1.807) is 11.3 Å². The molecule has 0 radical (unpaired) electrons. The summed E-state index contributed by atoms with van der Waals surface area (Å²) in [5, 5.41) is 3.79. The monoisotopic (exact) mass is 336 g/mol. The molecule has 23 heavy (non-hydrogen) atoms. The van der Waals surface area contributed by atoms with Gasteiger partial charge in [0.1, 0.15) is 17.1 Å². The molecule has 0 aliphatic heterocycles. The zero-order valence-corrected chi connectivity index (χ0v) is 15.2. The molecule has 0 saturated heterocycles. The number of carbonyl (C=O) groups excluding carboxylic acids is 1. The molecule has 2 aromatic heterocycles. The van der Waals surface area contributed by atoms with Gasteiger partial charge in [-0.25, -0.2) is 9.78 Å². The number of aromatic nitrogens is 1. The van der Waals surface area contributed by atoms with Gasteiger partial charge in [0.25, 0.3) is 0 Å². The highest BCUT2D eigenvalue weighted by molar-refractivity contribution is 7.11. The number of hydrogen-bond acceptors (Lipinski definition) is 5. The fraction of sp³-hybridized carbons (Fsp3) is 0.529. The molecule has 126 valence electrons. The lowest BCUT2D eigenvalue weighted by Gasteiger charge is -2.19. The molecule has 6 heteroatoms. The molecule has 0 atom stereocenters. The number of amides is 1. The summed E-state index contributed by atoms with van der Waals surface area (Å²) in [6, 6.07) is 3.83.